The van der Waals surface area contributed by atoms with Crippen LogP contribution in [0.4, 0.5) is 0 Å². The van der Waals surface area contributed by atoms with Gasteiger partial charge in [-0.25, -0.2) is 19.4 Å². The fourth-order valence-electron chi connectivity index (χ4n) is 19.4. The minimum absolute atomic E-state index is 0. The molecule has 0 amide bonds. The first-order valence-corrected chi connectivity index (χ1v) is 42.0. The summed E-state index contributed by atoms with van der Waals surface area (Å²) >= 11 is 10.6. The molecule has 0 bridgehead atoms. The summed E-state index contributed by atoms with van der Waals surface area (Å²) in [7, 11) is 9.02. The van der Waals surface area contributed by atoms with E-state index >= 15 is 0 Å². The summed E-state index contributed by atoms with van der Waals surface area (Å²) in [5, 5.41) is 78.5. The number of rotatable bonds is 19. The van der Waals surface area contributed by atoms with E-state index in [9.17, 15) is 49.8 Å². The van der Waals surface area contributed by atoms with Crippen molar-refractivity contribution in [3.63, 3.8) is 0 Å². The summed E-state index contributed by atoms with van der Waals surface area (Å²) < 4.78 is 59.2. The molecule has 15 atom stereocenters. The molecular weight excluding hydrogens is 1800 g/mol. The van der Waals surface area contributed by atoms with Crippen molar-refractivity contribution in [1.29, 1.82) is 0 Å². The second-order valence-electron chi connectivity index (χ2n) is 30.8. The van der Waals surface area contributed by atoms with Crippen LogP contribution in [0.2, 0.25) is 0 Å². The van der Waals surface area contributed by atoms with Crippen molar-refractivity contribution in [1.82, 2.24) is 25.6 Å². The van der Waals surface area contributed by atoms with Crippen LogP contribution < -0.4 is 74.3 Å². The summed E-state index contributed by atoms with van der Waals surface area (Å²) in [6, 6.07) is 53.9. The molecule has 9 heterocycles. The Morgan fingerprint density at radius 3 is 0.952 bits per heavy atom. The van der Waals surface area contributed by atoms with E-state index in [-0.39, 0.29) is 117 Å². The molecule has 6 aliphatic heterocycles. The van der Waals surface area contributed by atoms with Crippen LogP contribution in [0.1, 0.15) is 96.0 Å². The van der Waals surface area contributed by atoms with E-state index < -0.39 is 69.3 Å². The molecule has 6 aromatic carbocycles. The summed E-state index contributed by atoms with van der Waals surface area (Å²) in [5.41, 5.74) is 5.14. The van der Waals surface area contributed by atoms with Crippen molar-refractivity contribution < 1.29 is 136 Å². The summed E-state index contributed by atoms with van der Waals surface area (Å²) in [6.07, 6.45) is 9.72. The maximum Gasteiger partial charge on any atom is 1.00 e. The molecule has 18 rings (SSSR count). The number of nitrogens with two attached hydrogens (primary N) is 1. The molecule has 124 heavy (non-hydrogen) atoms. The molecular formula is C91H100BBr3N6NaO22. The van der Waals surface area contributed by atoms with Gasteiger partial charge in [-0.3, -0.25) is 24.5 Å². The van der Waals surface area contributed by atoms with Gasteiger partial charge in [-0.1, -0.05) is 183 Å². The standard InChI is InChI=1S/2C28H29BrN2O5.C25H25BrN2O4.C4H6O4.C3H4O2.C2H3BO2.CH4.Na/c2*1-34-23-12-30-13-24-26(23)27(33)22(11-31-20-15-35-16-20)21(14-32)25(17-5-3-2-4-6-17)28(27,36-24)18-7-9-19(29)10-8-18;1-31-20-12-28-13-21-23(20)24(30)19(11-27)18(14-29)22(15-5-3-2-4-6-15)25(24,32-21)16-7-9-17(26)10-8-16;1-3(5)7-8-4(2)6;4-3-1-5-2-3;1-2(4)5-3;;/h2*2-10,12-13,20-22,25,31-33H,11,14-16H2,1H3;2-10,12-13,18-19,22,29-30H,11,14,27H2,1H3;1-2H3;1-2H2;1H3;1H4;/q;;;;;-1;;+1/t2*21-,22-,25+,27+,28-;18-,19-,22+,24+,25-;;;;;/m000...../s1. The molecule has 3 saturated heterocycles. The molecule has 651 valence electrons. The van der Waals surface area contributed by atoms with Gasteiger partial charge in [0.05, 0.1) is 114 Å². The Morgan fingerprint density at radius 1 is 0.460 bits per heavy atom. The number of nitrogens with one attached hydrogen (secondary N) is 2. The quantitative estimate of drug-likeness (QED) is 0.0226. The van der Waals surface area contributed by atoms with Crippen molar-refractivity contribution in [3.05, 3.63) is 264 Å². The number of fused-ring (bicyclic) bond motifs is 9. The number of hydrogen-bond acceptors (Lipinski definition) is 28. The van der Waals surface area contributed by atoms with Gasteiger partial charge in [0.15, 0.2) is 22.6 Å². The third-order valence-electron chi connectivity index (χ3n) is 24.4. The van der Waals surface area contributed by atoms with Gasteiger partial charge in [0, 0.05) is 120 Å². The number of nitrogens with zero attached hydrogens (tertiary/aromatic N) is 3. The molecule has 33 heteroatoms. The van der Waals surface area contributed by atoms with Gasteiger partial charge < -0.3 is 102 Å². The van der Waals surface area contributed by atoms with Gasteiger partial charge in [-0.15, -0.1) is 0 Å². The predicted octanol–water partition coefficient (Wildman–Crippen LogP) is 6.87. The molecule has 0 spiro atoms. The second-order valence-corrected chi connectivity index (χ2v) is 33.6. The fraction of sp³-hybridized carbons (Fsp3) is 0.396. The average molecular weight is 1900 g/mol. The van der Waals surface area contributed by atoms with E-state index in [2.05, 4.69) is 101 Å². The first kappa shape index (κ1) is 96.3. The number of carbonyl (C=O) groups excluding carboxylic acids is 4. The van der Waals surface area contributed by atoms with Crippen LogP contribution in [0, 0.1) is 35.5 Å². The van der Waals surface area contributed by atoms with E-state index in [0.717, 1.165) is 60.6 Å². The zero-order chi connectivity index (χ0) is 86.9. The SMILES string of the molecule is C.CC(=O)OOC(C)=O.COc1cncc2c1[C@]1(O)[C@@H](CN)[C@H](CO)[C@@H](c3ccccc3)[C@]1(c1ccc(Br)cc1)O2.COc1cncc2c1[C@]1(O)[C@@H](CNC3COC3)[C@H](CO)[C@@H](c3ccccc3)[C@]1(c1ccc(Br)cc1)O2.COc1cncc2c1[C@]1(O)[C@@H](CNC3COC3)[C@H](CO)[C@@H](c3ccccc3)[C@]1(c1ccc(Br)cc1)O2.O=C1COC1.[B-]OC(C)=O.[Na+]. The van der Waals surface area contributed by atoms with Crippen molar-refractivity contribution in [2.45, 2.75) is 91.6 Å². The Bertz CT molecular complexity index is 4890. The van der Waals surface area contributed by atoms with Gasteiger partial charge in [0.25, 0.3) is 0 Å². The molecule has 9 aromatic rings. The number of aliphatic hydroxyl groups excluding tert-OH is 3. The minimum atomic E-state index is -1.55. The minimum Gasteiger partial charge on any atom is -0.793 e. The number of pyridine rings is 3. The third kappa shape index (κ3) is 17.6. The zero-order valence-corrected chi connectivity index (χ0v) is 75.5. The van der Waals surface area contributed by atoms with Gasteiger partial charge in [-0.2, -0.15) is 0 Å². The number of aromatic nitrogens is 3. The fourth-order valence-corrected chi connectivity index (χ4v) is 20.1. The van der Waals surface area contributed by atoms with Gasteiger partial charge in [0.2, 0.25) is 5.97 Å². The average Bonchev–Trinajstić information content (AvgIpc) is 1.50. The Balaban J connectivity index is 0.000000163. The van der Waals surface area contributed by atoms with Gasteiger partial charge >= 0.3 is 41.5 Å². The van der Waals surface area contributed by atoms with E-state index in [1.165, 1.54) is 6.92 Å². The Morgan fingerprint density at radius 2 is 0.734 bits per heavy atom. The number of ketones is 1. The Kier molecular flexibility index (Phi) is 32.3. The largest absolute Gasteiger partial charge is 1.00 e. The van der Waals surface area contributed by atoms with Crippen LogP contribution in [0.25, 0.3) is 0 Å². The molecule has 3 radical (unpaired) electrons. The van der Waals surface area contributed by atoms with Crippen LogP contribution in [-0.2, 0) is 81.4 Å². The van der Waals surface area contributed by atoms with E-state index in [1.54, 1.807) is 58.5 Å². The van der Waals surface area contributed by atoms with E-state index in [4.69, 9.17) is 43.6 Å². The number of aliphatic hydroxyl groups is 6. The van der Waals surface area contributed by atoms with Gasteiger partial charge in [-0.05, 0) is 76.3 Å². The molecule has 9 aliphatic rings. The topological polar surface area (TPSA) is 389 Å². The number of Topliss-reactive ketones (excluding diaryl/α,β-unsaturated/α-hetero) is 1. The van der Waals surface area contributed by atoms with Crippen molar-refractivity contribution in [2.75, 3.05) is 100 Å². The molecule has 0 unspecified atom stereocenters. The molecule has 6 fully saturated rings. The number of carbonyl (C=O) groups is 4. The van der Waals surface area contributed by atoms with E-state index in [1.807, 2.05) is 164 Å². The van der Waals surface area contributed by atoms with E-state index in [0.29, 0.717) is 104 Å². The summed E-state index contributed by atoms with van der Waals surface area (Å²) in [4.78, 5) is 59.5. The normalized spacial score (nSPS) is 27.4. The molecule has 3 saturated carbocycles. The van der Waals surface area contributed by atoms with Crippen LogP contribution in [0.15, 0.2) is 214 Å². The Labute approximate surface area is 767 Å². The zero-order valence-electron chi connectivity index (χ0n) is 68.7. The van der Waals surface area contributed by atoms with Crippen molar-refractivity contribution >= 4 is 79.5 Å². The van der Waals surface area contributed by atoms with Gasteiger partial charge in [0.1, 0.15) is 64.5 Å². The van der Waals surface area contributed by atoms with Crippen LogP contribution in [-0.4, -0.2) is 190 Å². The molecule has 28 nitrogen and oxygen atoms in total. The smallest absolute Gasteiger partial charge is 0.793 e. The number of halogens is 3. The van der Waals surface area contributed by atoms with Crippen LogP contribution in [0.5, 0.6) is 34.5 Å². The third-order valence-corrected chi connectivity index (χ3v) is 26.0. The van der Waals surface area contributed by atoms with Crippen LogP contribution in [0.3, 0.4) is 0 Å². The Hall–Kier alpha value is -8.33. The van der Waals surface area contributed by atoms with Crippen molar-refractivity contribution in [3.8, 4) is 34.5 Å². The monoisotopic (exact) mass is 1900 g/mol. The maximum atomic E-state index is 13.1. The van der Waals surface area contributed by atoms with Crippen LogP contribution >= 0.6 is 47.8 Å². The molecule has 10 N–H and O–H groups in total. The second kappa shape index (κ2) is 41.6. The van der Waals surface area contributed by atoms with Crippen molar-refractivity contribution in [2.24, 2.45) is 41.2 Å². The number of hydrogen-bond donors (Lipinski definition) is 9. The number of benzene rings is 6. The summed E-state index contributed by atoms with van der Waals surface area (Å²) in [6.45, 7) is 7.50. The molecule has 3 aromatic heterocycles. The summed E-state index contributed by atoms with van der Waals surface area (Å²) in [5.74, 6) is -2.01. The first-order valence-electron chi connectivity index (χ1n) is 39.6. The number of ether oxygens (including phenoxy) is 9. The first-order chi connectivity index (χ1) is 58.9. The number of methoxy groups -OCH3 is 3. The predicted molar refractivity (Wildman–Crippen MR) is 461 cm³/mol. The molecule has 3 aliphatic carbocycles. The maximum absolute atomic E-state index is 13.1.